The van der Waals surface area contributed by atoms with E-state index in [1.54, 1.807) is 10.8 Å². The summed E-state index contributed by atoms with van der Waals surface area (Å²) in [5.41, 5.74) is 1.96. The van der Waals surface area contributed by atoms with Gasteiger partial charge in [-0.05, 0) is 12.1 Å². The van der Waals surface area contributed by atoms with Crippen LogP contribution in [0.2, 0.25) is 0 Å². The van der Waals surface area contributed by atoms with Crippen LogP contribution in [-0.2, 0) is 27.1 Å². The Morgan fingerprint density at radius 1 is 1.16 bits per heavy atom. The maximum absolute atomic E-state index is 12.2. The molecule has 0 atom stereocenters. The van der Waals surface area contributed by atoms with Gasteiger partial charge in [0.25, 0.3) is 0 Å². The van der Waals surface area contributed by atoms with Gasteiger partial charge in [-0.2, -0.15) is 0 Å². The molecule has 19 heavy (non-hydrogen) atoms. The van der Waals surface area contributed by atoms with E-state index in [0.717, 1.165) is 23.3 Å². The van der Waals surface area contributed by atoms with Gasteiger partial charge in [0.1, 0.15) is 5.82 Å². The van der Waals surface area contributed by atoms with Crippen LogP contribution < -0.4 is 5.69 Å². The van der Waals surface area contributed by atoms with Crippen LogP contribution in [0, 0.1) is 0 Å². The van der Waals surface area contributed by atoms with Gasteiger partial charge in [0.15, 0.2) is 0 Å². The van der Waals surface area contributed by atoms with Crippen LogP contribution in [0.15, 0.2) is 41.5 Å². The fraction of sp³-hybridized carbons (Fsp3) is 0.286. The zero-order valence-corrected chi connectivity index (χ0v) is 11.1. The van der Waals surface area contributed by atoms with Crippen molar-refractivity contribution in [2.75, 3.05) is 0 Å². The molecule has 0 aliphatic rings. The Hall–Kier alpha value is -2.30. The largest absolute Gasteiger partial charge is 0.338 e. The summed E-state index contributed by atoms with van der Waals surface area (Å²) in [5, 5.41) is 0. The summed E-state index contributed by atoms with van der Waals surface area (Å²) in [5.74, 6) is 0.986. The SMILES string of the molecule is Cn1ccnc1CCn1c(=O)n(C)c2ccccc21. The topological polar surface area (TPSA) is 44.8 Å². The Bertz CT molecular complexity index is 778. The quantitative estimate of drug-likeness (QED) is 0.709. The molecule has 2 aromatic heterocycles. The number of benzene rings is 1. The van der Waals surface area contributed by atoms with E-state index in [2.05, 4.69) is 4.98 Å². The number of aromatic nitrogens is 4. The van der Waals surface area contributed by atoms with E-state index in [4.69, 9.17) is 0 Å². The molecule has 3 aromatic rings. The number of aryl methyl sites for hydroxylation is 4. The normalized spacial score (nSPS) is 11.3. The number of fused-ring (bicyclic) bond motifs is 1. The molecule has 0 saturated carbocycles. The first-order valence-corrected chi connectivity index (χ1v) is 6.29. The minimum absolute atomic E-state index is 0.0235. The molecule has 0 fully saturated rings. The second-order valence-electron chi connectivity index (χ2n) is 4.69. The Morgan fingerprint density at radius 2 is 1.89 bits per heavy atom. The molecule has 3 rings (SSSR count). The second kappa shape index (κ2) is 4.42. The highest BCUT2D eigenvalue weighted by Crippen LogP contribution is 2.12. The van der Waals surface area contributed by atoms with Crippen LogP contribution in [0.25, 0.3) is 11.0 Å². The Balaban J connectivity index is 1.99. The van der Waals surface area contributed by atoms with Gasteiger partial charge in [-0.1, -0.05) is 12.1 Å². The Labute approximate surface area is 110 Å². The molecule has 0 aliphatic heterocycles. The summed E-state index contributed by atoms with van der Waals surface area (Å²) < 4.78 is 5.48. The molecule has 0 unspecified atom stereocenters. The molecule has 5 heteroatoms. The van der Waals surface area contributed by atoms with Crippen molar-refractivity contribution in [1.29, 1.82) is 0 Å². The molecule has 2 heterocycles. The zero-order chi connectivity index (χ0) is 13.4. The summed E-state index contributed by atoms with van der Waals surface area (Å²) in [6, 6.07) is 7.85. The lowest BCUT2D eigenvalue weighted by molar-refractivity contribution is 0.632. The monoisotopic (exact) mass is 256 g/mol. The van der Waals surface area contributed by atoms with Gasteiger partial charge < -0.3 is 4.57 Å². The number of hydrogen-bond donors (Lipinski definition) is 0. The maximum Gasteiger partial charge on any atom is 0.328 e. The summed E-state index contributed by atoms with van der Waals surface area (Å²) in [6.07, 6.45) is 4.44. The van der Waals surface area contributed by atoms with Crippen molar-refractivity contribution < 1.29 is 0 Å². The number of hydrogen-bond acceptors (Lipinski definition) is 2. The smallest absolute Gasteiger partial charge is 0.328 e. The highest BCUT2D eigenvalue weighted by molar-refractivity contribution is 5.75. The average Bonchev–Trinajstić information content (AvgIpc) is 2.93. The summed E-state index contributed by atoms with van der Waals surface area (Å²) in [6.45, 7) is 0.644. The predicted octanol–water partition coefficient (Wildman–Crippen LogP) is 1.32. The molecule has 0 radical (unpaired) electrons. The van der Waals surface area contributed by atoms with Gasteiger partial charge in [0.2, 0.25) is 0 Å². The summed E-state index contributed by atoms with van der Waals surface area (Å²) in [7, 11) is 3.77. The van der Waals surface area contributed by atoms with Crippen LogP contribution >= 0.6 is 0 Å². The molecule has 5 nitrogen and oxygen atoms in total. The highest BCUT2D eigenvalue weighted by Gasteiger charge is 2.10. The van der Waals surface area contributed by atoms with E-state index in [1.807, 2.05) is 53.7 Å². The summed E-state index contributed by atoms with van der Waals surface area (Å²) in [4.78, 5) is 16.5. The third-order valence-electron chi connectivity index (χ3n) is 3.53. The maximum atomic E-state index is 12.2. The molecule has 0 saturated heterocycles. The van der Waals surface area contributed by atoms with Gasteiger partial charge >= 0.3 is 5.69 Å². The van der Waals surface area contributed by atoms with Gasteiger partial charge in [0, 0.05) is 39.5 Å². The first-order valence-electron chi connectivity index (χ1n) is 6.29. The van der Waals surface area contributed by atoms with Gasteiger partial charge in [-0.25, -0.2) is 9.78 Å². The van der Waals surface area contributed by atoms with E-state index >= 15 is 0 Å². The van der Waals surface area contributed by atoms with Crippen molar-refractivity contribution in [3.63, 3.8) is 0 Å². The van der Waals surface area contributed by atoms with Gasteiger partial charge in [-0.3, -0.25) is 9.13 Å². The standard InChI is InChI=1S/C14H16N4O/c1-16-10-8-15-13(16)7-9-18-12-6-4-3-5-11(12)17(2)14(18)19/h3-6,8,10H,7,9H2,1-2H3. The van der Waals surface area contributed by atoms with Crippen molar-refractivity contribution in [1.82, 2.24) is 18.7 Å². The van der Waals surface area contributed by atoms with Crippen molar-refractivity contribution in [2.45, 2.75) is 13.0 Å². The third kappa shape index (κ3) is 1.87. The van der Waals surface area contributed by atoms with Gasteiger partial charge in [-0.15, -0.1) is 0 Å². The van der Waals surface area contributed by atoms with Gasteiger partial charge in [0.05, 0.1) is 11.0 Å². The van der Waals surface area contributed by atoms with Crippen LogP contribution in [-0.4, -0.2) is 18.7 Å². The molecular weight excluding hydrogens is 240 g/mol. The first-order chi connectivity index (χ1) is 9.18. The minimum atomic E-state index is 0.0235. The van der Waals surface area contributed by atoms with Crippen LogP contribution in [0.5, 0.6) is 0 Å². The first kappa shape index (κ1) is 11.8. The third-order valence-corrected chi connectivity index (χ3v) is 3.53. The molecule has 0 aliphatic carbocycles. The lowest BCUT2D eigenvalue weighted by atomic mass is 10.3. The minimum Gasteiger partial charge on any atom is -0.338 e. The molecule has 0 bridgehead atoms. The molecule has 0 amide bonds. The average molecular weight is 256 g/mol. The summed E-state index contributed by atoms with van der Waals surface area (Å²) >= 11 is 0. The molecule has 0 N–H and O–H groups in total. The van der Waals surface area contributed by atoms with Crippen molar-refractivity contribution in [2.24, 2.45) is 14.1 Å². The molecule has 98 valence electrons. The van der Waals surface area contributed by atoms with Crippen LogP contribution in [0.4, 0.5) is 0 Å². The number of nitrogens with zero attached hydrogens (tertiary/aromatic N) is 4. The molecular formula is C14H16N4O. The Kier molecular flexibility index (Phi) is 2.74. The highest BCUT2D eigenvalue weighted by atomic mass is 16.1. The number of rotatable bonds is 3. The van der Waals surface area contributed by atoms with E-state index in [-0.39, 0.29) is 5.69 Å². The fourth-order valence-electron chi connectivity index (χ4n) is 2.43. The zero-order valence-electron chi connectivity index (χ0n) is 11.1. The van der Waals surface area contributed by atoms with E-state index in [0.29, 0.717) is 6.54 Å². The second-order valence-corrected chi connectivity index (χ2v) is 4.69. The molecule has 1 aromatic carbocycles. The fourth-order valence-corrected chi connectivity index (χ4v) is 2.43. The van der Waals surface area contributed by atoms with E-state index < -0.39 is 0 Å². The predicted molar refractivity (Wildman–Crippen MR) is 74.1 cm³/mol. The van der Waals surface area contributed by atoms with Crippen molar-refractivity contribution in [3.8, 4) is 0 Å². The van der Waals surface area contributed by atoms with Crippen LogP contribution in [0.1, 0.15) is 5.82 Å². The van der Waals surface area contributed by atoms with E-state index in [1.165, 1.54) is 0 Å². The lowest BCUT2D eigenvalue weighted by Crippen LogP contribution is -2.23. The van der Waals surface area contributed by atoms with Crippen molar-refractivity contribution >= 4 is 11.0 Å². The number of imidazole rings is 2. The Morgan fingerprint density at radius 3 is 2.58 bits per heavy atom. The van der Waals surface area contributed by atoms with Crippen molar-refractivity contribution in [3.05, 3.63) is 53.0 Å². The number of para-hydroxylation sites is 2. The van der Waals surface area contributed by atoms with E-state index in [9.17, 15) is 4.79 Å². The lowest BCUT2D eigenvalue weighted by Gasteiger charge is -2.03. The molecule has 0 spiro atoms. The van der Waals surface area contributed by atoms with Crippen LogP contribution in [0.3, 0.4) is 0 Å².